The average Bonchev–Trinajstić information content (AvgIpc) is 3.63. The van der Waals surface area contributed by atoms with E-state index < -0.39 is 5.60 Å². The number of amides is 1. The second kappa shape index (κ2) is 10.5. The summed E-state index contributed by atoms with van der Waals surface area (Å²) >= 11 is 0. The van der Waals surface area contributed by atoms with Gasteiger partial charge in [0.15, 0.2) is 0 Å². The highest BCUT2D eigenvalue weighted by atomic mass is 16.5. The monoisotopic (exact) mass is 548 g/mol. The van der Waals surface area contributed by atoms with Crippen molar-refractivity contribution in [3.8, 4) is 17.0 Å². The van der Waals surface area contributed by atoms with Crippen LogP contribution in [0.3, 0.4) is 0 Å². The molecule has 40 heavy (non-hydrogen) atoms. The van der Waals surface area contributed by atoms with Gasteiger partial charge >= 0.3 is 0 Å². The van der Waals surface area contributed by atoms with Crippen LogP contribution in [0, 0.1) is 12.8 Å². The lowest BCUT2D eigenvalue weighted by Crippen LogP contribution is -2.46. The van der Waals surface area contributed by atoms with Gasteiger partial charge in [-0.3, -0.25) is 4.79 Å². The molecule has 1 amide bonds. The largest absolute Gasteiger partial charge is 0.493 e. The number of benzene rings is 1. The van der Waals surface area contributed by atoms with E-state index in [9.17, 15) is 9.90 Å². The van der Waals surface area contributed by atoms with Crippen molar-refractivity contribution < 1.29 is 19.4 Å². The molecule has 6 nitrogen and oxygen atoms in total. The Morgan fingerprint density at radius 3 is 2.42 bits per heavy atom. The van der Waals surface area contributed by atoms with Crippen LogP contribution in [0.25, 0.3) is 11.3 Å². The second-order valence-corrected chi connectivity index (χ2v) is 14.2. The van der Waals surface area contributed by atoms with Crippen LogP contribution in [-0.2, 0) is 22.1 Å². The van der Waals surface area contributed by atoms with E-state index in [1.54, 1.807) is 0 Å². The molecule has 2 saturated carbocycles. The number of ether oxygens (including phenoxy) is 2. The van der Waals surface area contributed by atoms with Gasteiger partial charge in [-0.05, 0) is 74.1 Å². The Morgan fingerprint density at radius 2 is 1.75 bits per heavy atom. The summed E-state index contributed by atoms with van der Waals surface area (Å²) < 4.78 is 14.2. The highest BCUT2D eigenvalue weighted by Gasteiger charge is 2.49. The lowest BCUT2D eigenvalue weighted by atomic mass is 9.79. The van der Waals surface area contributed by atoms with Crippen molar-refractivity contribution in [3.63, 3.8) is 0 Å². The Hall–Kier alpha value is -2.31. The lowest BCUT2D eigenvalue weighted by molar-refractivity contribution is -0.0605. The predicted octanol–water partition coefficient (Wildman–Crippen LogP) is 6.43. The van der Waals surface area contributed by atoms with Crippen LogP contribution in [-0.4, -0.2) is 47.5 Å². The summed E-state index contributed by atoms with van der Waals surface area (Å²) in [4.78, 5) is 13.6. The fourth-order valence-electron chi connectivity index (χ4n) is 7.28. The molecule has 218 valence electrons. The summed E-state index contributed by atoms with van der Waals surface area (Å²) in [5.41, 5.74) is 6.02. The first-order chi connectivity index (χ1) is 19.1. The quantitative estimate of drug-likeness (QED) is 0.437. The van der Waals surface area contributed by atoms with E-state index in [0.29, 0.717) is 37.5 Å². The van der Waals surface area contributed by atoms with Crippen molar-refractivity contribution in [2.75, 3.05) is 26.4 Å². The van der Waals surface area contributed by atoms with Crippen molar-refractivity contribution >= 4 is 5.91 Å². The zero-order valence-corrected chi connectivity index (χ0v) is 25.0. The van der Waals surface area contributed by atoms with Crippen molar-refractivity contribution in [3.05, 3.63) is 40.6 Å². The molecule has 1 aromatic heterocycles. The fraction of sp³-hybridized carbons (Fsp3) is 0.676. The summed E-state index contributed by atoms with van der Waals surface area (Å²) in [5, 5.41) is 14.0. The molecule has 2 aliphatic carbocycles. The summed E-state index contributed by atoms with van der Waals surface area (Å²) in [6.45, 7) is 12.0. The van der Waals surface area contributed by atoms with E-state index in [4.69, 9.17) is 9.47 Å². The smallest absolute Gasteiger partial charge is 0.253 e. The number of nitrogens with one attached hydrogen (secondary N) is 1. The zero-order chi connectivity index (χ0) is 28.1. The van der Waals surface area contributed by atoms with Gasteiger partial charge in [0.25, 0.3) is 5.91 Å². The Balaban J connectivity index is 1.40. The number of hydrogen-bond acceptors (Lipinski definition) is 4. The molecule has 6 rings (SSSR count). The van der Waals surface area contributed by atoms with Gasteiger partial charge in [-0.1, -0.05) is 40.0 Å². The molecule has 0 unspecified atom stereocenters. The highest BCUT2D eigenvalue weighted by molar-refractivity contribution is 5.97. The minimum Gasteiger partial charge on any atom is -0.493 e. The van der Waals surface area contributed by atoms with Gasteiger partial charge in [0.05, 0.1) is 17.8 Å². The number of carbonyl (C=O) groups excluding carboxylic acids is 1. The Bertz CT molecular complexity index is 1240. The van der Waals surface area contributed by atoms with Crippen LogP contribution in [0.1, 0.15) is 112 Å². The molecule has 2 N–H and O–H groups in total. The molecule has 1 aromatic carbocycles. The SMILES string of the molecule is Cc1c(C(=O)NCC2(O)CCOCC2)cc(-c2cc(C(C)(C)C)c3c(c2)C2(CCO3)CC2)n1CC1CCCCC1. The van der Waals surface area contributed by atoms with E-state index in [1.807, 2.05) is 0 Å². The van der Waals surface area contributed by atoms with Crippen LogP contribution in [0.4, 0.5) is 0 Å². The van der Waals surface area contributed by atoms with E-state index in [-0.39, 0.29) is 23.3 Å². The van der Waals surface area contributed by atoms with E-state index in [2.05, 4.69) is 55.8 Å². The van der Waals surface area contributed by atoms with Crippen molar-refractivity contribution in [1.82, 2.24) is 9.88 Å². The number of rotatable bonds is 6. The Kier molecular flexibility index (Phi) is 7.31. The number of nitrogens with zero attached hydrogens (tertiary/aromatic N) is 1. The third-order valence-electron chi connectivity index (χ3n) is 10.2. The highest BCUT2D eigenvalue weighted by Crippen LogP contribution is 2.58. The molecule has 0 radical (unpaired) electrons. The summed E-state index contributed by atoms with van der Waals surface area (Å²) in [6.07, 6.45) is 11.1. The van der Waals surface area contributed by atoms with Crippen LogP contribution < -0.4 is 10.1 Å². The number of aromatic nitrogens is 1. The van der Waals surface area contributed by atoms with Gasteiger partial charge in [0.2, 0.25) is 0 Å². The molecular weight excluding hydrogens is 500 g/mol. The normalized spacial score (nSPS) is 22.0. The number of hydrogen-bond donors (Lipinski definition) is 2. The Labute approximate surface area is 239 Å². The van der Waals surface area contributed by atoms with Gasteiger partial charge < -0.3 is 24.5 Å². The molecule has 1 spiro atoms. The zero-order valence-electron chi connectivity index (χ0n) is 25.0. The molecular formula is C34H48N2O4. The van der Waals surface area contributed by atoms with Gasteiger partial charge in [-0.15, -0.1) is 0 Å². The first-order valence-electron chi connectivity index (χ1n) is 15.7. The van der Waals surface area contributed by atoms with Crippen molar-refractivity contribution in [2.45, 2.75) is 115 Å². The molecule has 0 bridgehead atoms. The maximum Gasteiger partial charge on any atom is 0.253 e. The van der Waals surface area contributed by atoms with E-state index in [0.717, 1.165) is 36.7 Å². The average molecular weight is 549 g/mol. The molecule has 1 saturated heterocycles. The van der Waals surface area contributed by atoms with E-state index in [1.165, 1.54) is 61.6 Å². The van der Waals surface area contributed by atoms with Crippen LogP contribution in [0.5, 0.6) is 5.75 Å². The molecule has 6 heteroatoms. The molecule has 3 fully saturated rings. The van der Waals surface area contributed by atoms with E-state index >= 15 is 0 Å². The predicted molar refractivity (Wildman–Crippen MR) is 158 cm³/mol. The van der Waals surface area contributed by atoms with Gasteiger partial charge in [-0.25, -0.2) is 0 Å². The number of aliphatic hydroxyl groups is 1. The van der Waals surface area contributed by atoms with Crippen LogP contribution in [0.15, 0.2) is 18.2 Å². The minimum atomic E-state index is -0.895. The van der Waals surface area contributed by atoms with Crippen molar-refractivity contribution in [2.24, 2.45) is 5.92 Å². The summed E-state index contributed by atoms with van der Waals surface area (Å²) in [7, 11) is 0. The van der Waals surface area contributed by atoms with Crippen LogP contribution in [0.2, 0.25) is 0 Å². The first-order valence-corrected chi connectivity index (χ1v) is 15.7. The molecule has 4 aliphatic rings. The summed E-state index contributed by atoms with van der Waals surface area (Å²) in [5.74, 6) is 1.64. The molecule has 2 aromatic rings. The third kappa shape index (κ3) is 5.34. The minimum absolute atomic E-state index is 0.0529. The second-order valence-electron chi connectivity index (χ2n) is 14.2. The van der Waals surface area contributed by atoms with Crippen LogP contribution >= 0.6 is 0 Å². The van der Waals surface area contributed by atoms with Crippen molar-refractivity contribution in [1.29, 1.82) is 0 Å². The fourth-order valence-corrected chi connectivity index (χ4v) is 7.28. The standard InChI is InChI=1S/C34H48N2O4/c1-23-26(31(37)35-22-34(38)13-15-39-16-14-34)20-29(36(23)21-24-8-6-5-7-9-24)25-18-27(32(2,3)4)30-28(19-25)33(10-11-33)12-17-40-30/h18-20,24,38H,5-17,21-22H2,1-4H3,(H,35,37). The first kappa shape index (κ1) is 27.8. The molecule has 0 atom stereocenters. The molecule has 3 heterocycles. The van der Waals surface area contributed by atoms with Gasteiger partial charge in [0, 0.05) is 67.1 Å². The Morgan fingerprint density at radius 1 is 1.02 bits per heavy atom. The number of fused-ring (bicyclic) bond motifs is 2. The van der Waals surface area contributed by atoms with Gasteiger partial charge in [0.1, 0.15) is 5.75 Å². The number of carbonyl (C=O) groups is 1. The maximum absolute atomic E-state index is 13.6. The van der Waals surface area contributed by atoms with Gasteiger partial charge in [-0.2, -0.15) is 0 Å². The topological polar surface area (TPSA) is 72.7 Å². The maximum atomic E-state index is 13.6. The summed E-state index contributed by atoms with van der Waals surface area (Å²) in [6, 6.07) is 6.83. The third-order valence-corrected chi connectivity index (χ3v) is 10.2. The molecule has 2 aliphatic heterocycles. The lowest BCUT2D eigenvalue weighted by Gasteiger charge is -2.33.